The number of nitrogens with zero attached hydrogens (tertiary/aromatic N) is 1. The number of carbonyl (C=O) groups excluding carboxylic acids is 2. The second kappa shape index (κ2) is 7.23. The highest BCUT2D eigenvalue weighted by molar-refractivity contribution is 9.10. The SMILES string of the molecule is CC(C)c1ccc(C=C2NC(=O)N(Cc3ccc(Br)cc3)C2=O)cc1. The largest absolute Gasteiger partial charge is 0.329 e. The molecular weight excluding hydrogens is 380 g/mol. The van der Waals surface area contributed by atoms with Crippen molar-refractivity contribution in [1.82, 2.24) is 10.2 Å². The minimum atomic E-state index is -0.391. The Morgan fingerprint density at radius 1 is 1.04 bits per heavy atom. The monoisotopic (exact) mass is 398 g/mol. The molecule has 128 valence electrons. The number of hydrogen-bond donors (Lipinski definition) is 1. The van der Waals surface area contributed by atoms with E-state index in [1.165, 1.54) is 10.5 Å². The number of imide groups is 1. The van der Waals surface area contributed by atoms with Gasteiger partial charge in [0.2, 0.25) is 0 Å². The summed E-state index contributed by atoms with van der Waals surface area (Å²) in [4.78, 5) is 25.9. The molecule has 0 radical (unpaired) electrons. The Morgan fingerprint density at radius 3 is 2.28 bits per heavy atom. The molecule has 1 aliphatic heterocycles. The Bertz CT molecular complexity index is 824. The minimum Gasteiger partial charge on any atom is -0.303 e. The van der Waals surface area contributed by atoms with Crippen molar-refractivity contribution in [2.75, 3.05) is 0 Å². The summed E-state index contributed by atoms with van der Waals surface area (Å²) in [7, 11) is 0. The maximum Gasteiger partial charge on any atom is 0.329 e. The Kier molecular flexibility index (Phi) is 5.04. The third kappa shape index (κ3) is 3.99. The van der Waals surface area contributed by atoms with Crippen molar-refractivity contribution in [1.29, 1.82) is 0 Å². The van der Waals surface area contributed by atoms with E-state index >= 15 is 0 Å². The highest BCUT2D eigenvalue weighted by Crippen LogP contribution is 2.20. The summed E-state index contributed by atoms with van der Waals surface area (Å²) in [6, 6.07) is 15.2. The molecule has 4 nitrogen and oxygen atoms in total. The molecule has 25 heavy (non-hydrogen) atoms. The molecule has 0 unspecified atom stereocenters. The van der Waals surface area contributed by atoms with Crippen LogP contribution in [0, 0.1) is 0 Å². The molecule has 0 bridgehead atoms. The lowest BCUT2D eigenvalue weighted by Gasteiger charge is -2.11. The van der Waals surface area contributed by atoms with Gasteiger partial charge in [-0.15, -0.1) is 0 Å². The van der Waals surface area contributed by atoms with Crippen LogP contribution in [0.4, 0.5) is 4.79 Å². The Balaban J connectivity index is 1.77. The number of halogens is 1. The van der Waals surface area contributed by atoms with Crippen molar-refractivity contribution in [2.45, 2.75) is 26.3 Å². The van der Waals surface area contributed by atoms with E-state index in [1.54, 1.807) is 6.08 Å². The van der Waals surface area contributed by atoms with Gasteiger partial charge < -0.3 is 5.32 Å². The molecule has 0 aliphatic carbocycles. The van der Waals surface area contributed by atoms with Crippen LogP contribution in [0.1, 0.15) is 36.5 Å². The number of hydrogen-bond acceptors (Lipinski definition) is 2. The molecular formula is C20H19BrN2O2. The van der Waals surface area contributed by atoms with Gasteiger partial charge in [-0.1, -0.05) is 66.2 Å². The predicted molar refractivity (Wildman–Crippen MR) is 102 cm³/mol. The molecule has 0 saturated carbocycles. The van der Waals surface area contributed by atoms with Gasteiger partial charge in [-0.25, -0.2) is 4.79 Å². The maximum atomic E-state index is 12.5. The third-order valence-electron chi connectivity index (χ3n) is 4.13. The molecule has 1 fully saturated rings. The van der Waals surface area contributed by atoms with Crippen molar-refractivity contribution in [3.8, 4) is 0 Å². The number of nitrogens with one attached hydrogen (secondary N) is 1. The van der Waals surface area contributed by atoms with Crippen molar-refractivity contribution >= 4 is 33.9 Å². The van der Waals surface area contributed by atoms with Crippen molar-refractivity contribution in [3.05, 3.63) is 75.4 Å². The summed E-state index contributed by atoms with van der Waals surface area (Å²) in [5.74, 6) is 0.150. The average molecular weight is 399 g/mol. The predicted octanol–water partition coefficient (Wildman–Crippen LogP) is 4.67. The smallest absolute Gasteiger partial charge is 0.303 e. The van der Waals surface area contributed by atoms with Gasteiger partial charge in [-0.2, -0.15) is 0 Å². The molecule has 2 aromatic rings. The van der Waals surface area contributed by atoms with Crippen molar-refractivity contribution < 1.29 is 9.59 Å². The van der Waals surface area contributed by atoms with Crippen LogP contribution in [0.2, 0.25) is 0 Å². The molecule has 3 amide bonds. The van der Waals surface area contributed by atoms with E-state index in [2.05, 4.69) is 35.1 Å². The lowest BCUT2D eigenvalue weighted by atomic mass is 10.0. The van der Waals surface area contributed by atoms with E-state index in [4.69, 9.17) is 0 Å². The Labute approximate surface area is 155 Å². The van der Waals surface area contributed by atoms with Crippen LogP contribution >= 0.6 is 15.9 Å². The third-order valence-corrected chi connectivity index (χ3v) is 4.66. The van der Waals surface area contributed by atoms with Crippen molar-refractivity contribution in [2.24, 2.45) is 0 Å². The topological polar surface area (TPSA) is 49.4 Å². The van der Waals surface area contributed by atoms with Gasteiger partial charge in [-0.3, -0.25) is 9.69 Å². The molecule has 1 saturated heterocycles. The first-order valence-corrected chi connectivity index (χ1v) is 8.92. The molecule has 2 aromatic carbocycles. The summed E-state index contributed by atoms with van der Waals surface area (Å²) in [6.45, 7) is 4.52. The molecule has 5 heteroatoms. The fourth-order valence-electron chi connectivity index (χ4n) is 2.63. The quantitative estimate of drug-likeness (QED) is 0.600. The number of urea groups is 1. The van der Waals surface area contributed by atoms with Gasteiger partial charge in [0, 0.05) is 4.47 Å². The normalized spacial score (nSPS) is 16.0. The molecule has 1 aliphatic rings. The lowest BCUT2D eigenvalue weighted by molar-refractivity contribution is -0.123. The first kappa shape index (κ1) is 17.4. The van der Waals surface area contributed by atoms with E-state index < -0.39 is 6.03 Å². The second-order valence-corrected chi connectivity index (χ2v) is 7.24. The lowest BCUT2D eigenvalue weighted by Crippen LogP contribution is -2.30. The maximum absolute atomic E-state index is 12.5. The number of carbonyl (C=O) groups is 2. The van der Waals surface area contributed by atoms with Crippen LogP contribution in [-0.2, 0) is 11.3 Å². The fourth-order valence-corrected chi connectivity index (χ4v) is 2.90. The van der Waals surface area contributed by atoms with E-state index in [0.717, 1.165) is 15.6 Å². The number of benzene rings is 2. The zero-order valence-electron chi connectivity index (χ0n) is 14.1. The molecule has 3 rings (SSSR count). The Morgan fingerprint density at radius 2 is 1.68 bits per heavy atom. The van der Waals surface area contributed by atoms with Crippen LogP contribution in [0.25, 0.3) is 6.08 Å². The summed E-state index contributed by atoms with van der Waals surface area (Å²) in [6.07, 6.45) is 1.71. The molecule has 0 spiro atoms. The van der Waals surface area contributed by atoms with E-state index in [0.29, 0.717) is 11.6 Å². The van der Waals surface area contributed by atoms with Crippen LogP contribution in [0.5, 0.6) is 0 Å². The van der Waals surface area contributed by atoms with E-state index in [-0.39, 0.29) is 12.5 Å². The van der Waals surface area contributed by atoms with Gasteiger partial charge in [0.25, 0.3) is 5.91 Å². The zero-order valence-corrected chi connectivity index (χ0v) is 15.7. The second-order valence-electron chi connectivity index (χ2n) is 6.33. The van der Waals surface area contributed by atoms with Gasteiger partial charge in [0.15, 0.2) is 0 Å². The first-order valence-electron chi connectivity index (χ1n) is 8.13. The summed E-state index contributed by atoms with van der Waals surface area (Å²) in [5, 5.41) is 2.66. The highest BCUT2D eigenvalue weighted by Gasteiger charge is 2.33. The Hall–Kier alpha value is -2.40. The van der Waals surface area contributed by atoms with Crippen LogP contribution in [-0.4, -0.2) is 16.8 Å². The summed E-state index contributed by atoms with van der Waals surface area (Å²) >= 11 is 3.37. The highest BCUT2D eigenvalue weighted by atomic mass is 79.9. The molecule has 1 heterocycles. The van der Waals surface area contributed by atoms with Crippen LogP contribution < -0.4 is 5.32 Å². The molecule has 0 atom stereocenters. The van der Waals surface area contributed by atoms with Gasteiger partial charge in [0.1, 0.15) is 5.70 Å². The fraction of sp³-hybridized carbons (Fsp3) is 0.200. The first-order chi connectivity index (χ1) is 11.9. The minimum absolute atomic E-state index is 0.252. The van der Waals surface area contributed by atoms with Gasteiger partial charge in [0.05, 0.1) is 6.54 Å². The molecule has 1 N–H and O–H groups in total. The van der Waals surface area contributed by atoms with Gasteiger partial charge >= 0.3 is 6.03 Å². The zero-order chi connectivity index (χ0) is 18.0. The standard InChI is InChI=1S/C20H19BrN2O2/c1-13(2)16-7-3-14(4-8-16)11-18-19(24)23(20(25)22-18)12-15-5-9-17(21)10-6-15/h3-11,13H,12H2,1-2H3,(H,22,25). The van der Waals surface area contributed by atoms with E-state index in [9.17, 15) is 9.59 Å². The van der Waals surface area contributed by atoms with Gasteiger partial charge in [-0.05, 0) is 40.8 Å². The van der Waals surface area contributed by atoms with Crippen LogP contribution in [0.3, 0.4) is 0 Å². The molecule has 0 aromatic heterocycles. The van der Waals surface area contributed by atoms with Crippen molar-refractivity contribution in [3.63, 3.8) is 0 Å². The van der Waals surface area contributed by atoms with Crippen LogP contribution in [0.15, 0.2) is 58.7 Å². The number of amides is 3. The van der Waals surface area contributed by atoms with E-state index in [1.807, 2.05) is 48.5 Å². The number of rotatable bonds is 4. The summed E-state index contributed by atoms with van der Waals surface area (Å²) in [5.41, 5.74) is 3.33. The average Bonchev–Trinajstić information content (AvgIpc) is 2.85. The summed E-state index contributed by atoms with van der Waals surface area (Å²) < 4.78 is 0.957.